The van der Waals surface area contributed by atoms with Gasteiger partial charge in [-0.15, -0.1) is 0 Å². The average molecular weight is 443 g/mol. The van der Waals surface area contributed by atoms with Crippen molar-refractivity contribution in [3.05, 3.63) is 65.7 Å². The average Bonchev–Trinajstić information content (AvgIpc) is 3.56. The molecule has 0 bridgehead atoms. The second-order valence-corrected chi connectivity index (χ2v) is 11.1. The smallest absolute Gasteiger partial charge is 0.223 e. The monoisotopic (exact) mass is 442 g/mol. The molecule has 31 heavy (non-hydrogen) atoms. The van der Waals surface area contributed by atoms with Gasteiger partial charge >= 0.3 is 0 Å². The Bertz CT molecular complexity index is 1030. The summed E-state index contributed by atoms with van der Waals surface area (Å²) in [4.78, 5) is 15.2. The summed E-state index contributed by atoms with van der Waals surface area (Å²) in [6, 6.07) is 16.3. The molecule has 2 aromatic rings. The van der Waals surface area contributed by atoms with E-state index in [0.717, 1.165) is 24.0 Å². The van der Waals surface area contributed by atoms with Crippen LogP contribution in [0.2, 0.25) is 0 Å². The van der Waals surface area contributed by atoms with Crippen LogP contribution in [0.25, 0.3) is 0 Å². The summed E-state index contributed by atoms with van der Waals surface area (Å²) in [5, 5.41) is 14.4. The van der Waals surface area contributed by atoms with E-state index in [1.54, 1.807) is 19.1 Å². The molecule has 7 heteroatoms. The number of sulfone groups is 1. The fourth-order valence-electron chi connectivity index (χ4n) is 4.37. The van der Waals surface area contributed by atoms with Gasteiger partial charge in [0.2, 0.25) is 5.91 Å². The molecule has 1 aliphatic carbocycles. The molecule has 3 atom stereocenters. The number of rotatable bonds is 6. The number of benzene rings is 2. The minimum atomic E-state index is -3.24. The SMILES string of the molecule is CC1(O)CCN(Cc2ccc(S(C)(=O)=O)cc2)C(c2ccccc2)C1NC(=O)C1CC1. The lowest BCUT2D eigenvalue weighted by molar-refractivity contribution is -0.130. The molecule has 6 nitrogen and oxygen atoms in total. The molecule has 2 fully saturated rings. The predicted octanol–water partition coefficient (Wildman–Crippen LogP) is 2.68. The number of carbonyl (C=O) groups is 1. The summed E-state index contributed by atoms with van der Waals surface area (Å²) in [5.41, 5.74) is 1.00. The van der Waals surface area contributed by atoms with E-state index < -0.39 is 21.5 Å². The van der Waals surface area contributed by atoms with Gasteiger partial charge in [-0.3, -0.25) is 9.69 Å². The molecule has 0 spiro atoms. The molecule has 2 aromatic carbocycles. The summed E-state index contributed by atoms with van der Waals surface area (Å²) in [6.07, 6.45) is 3.56. The Hall–Kier alpha value is -2.22. The van der Waals surface area contributed by atoms with Gasteiger partial charge in [-0.05, 0) is 49.4 Å². The van der Waals surface area contributed by atoms with Crippen LogP contribution in [0.4, 0.5) is 0 Å². The molecule has 2 aliphatic rings. The van der Waals surface area contributed by atoms with Gasteiger partial charge in [0.05, 0.1) is 22.6 Å². The largest absolute Gasteiger partial charge is 0.388 e. The molecule has 0 aromatic heterocycles. The van der Waals surface area contributed by atoms with Gasteiger partial charge in [-0.2, -0.15) is 0 Å². The van der Waals surface area contributed by atoms with Crippen LogP contribution in [0.3, 0.4) is 0 Å². The number of nitrogens with one attached hydrogen (secondary N) is 1. The van der Waals surface area contributed by atoms with Crippen molar-refractivity contribution in [1.29, 1.82) is 0 Å². The maximum absolute atomic E-state index is 12.6. The molecule has 1 amide bonds. The Balaban J connectivity index is 1.64. The lowest BCUT2D eigenvalue weighted by Crippen LogP contribution is -2.62. The number of nitrogens with zero attached hydrogens (tertiary/aromatic N) is 1. The fourth-order valence-corrected chi connectivity index (χ4v) is 5.00. The van der Waals surface area contributed by atoms with Crippen molar-refractivity contribution in [3.63, 3.8) is 0 Å². The van der Waals surface area contributed by atoms with Crippen LogP contribution in [0, 0.1) is 5.92 Å². The lowest BCUT2D eigenvalue weighted by Gasteiger charge is -2.49. The zero-order chi connectivity index (χ0) is 22.2. The summed E-state index contributed by atoms with van der Waals surface area (Å²) in [5.74, 6) is 0.0803. The maximum Gasteiger partial charge on any atom is 0.223 e. The highest BCUT2D eigenvalue weighted by molar-refractivity contribution is 7.90. The number of likely N-dealkylation sites (tertiary alicyclic amines) is 1. The Morgan fingerprint density at radius 1 is 1.13 bits per heavy atom. The van der Waals surface area contributed by atoms with Crippen molar-refractivity contribution in [2.75, 3.05) is 12.8 Å². The molecule has 4 rings (SSSR count). The van der Waals surface area contributed by atoms with Crippen LogP contribution < -0.4 is 5.32 Å². The first-order valence-electron chi connectivity index (χ1n) is 10.8. The van der Waals surface area contributed by atoms with Gasteiger partial charge in [0.1, 0.15) is 0 Å². The zero-order valence-electron chi connectivity index (χ0n) is 18.0. The van der Waals surface area contributed by atoms with Gasteiger partial charge in [0, 0.05) is 25.3 Å². The number of hydrogen-bond donors (Lipinski definition) is 2. The molecule has 1 saturated heterocycles. The van der Waals surface area contributed by atoms with E-state index in [1.807, 2.05) is 42.5 Å². The molecule has 0 radical (unpaired) electrons. The first-order chi connectivity index (χ1) is 14.6. The van der Waals surface area contributed by atoms with E-state index in [4.69, 9.17) is 0 Å². The normalized spacial score (nSPS) is 27.1. The number of piperidine rings is 1. The third kappa shape index (κ3) is 5.00. The highest BCUT2D eigenvalue weighted by Gasteiger charge is 2.47. The number of hydrogen-bond acceptors (Lipinski definition) is 5. The van der Waals surface area contributed by atoms with Gasteiger partial charge in [-0.1, -0.05) is 42.5 Å². The number of amides is 1. The molecule has 3 unspecified atom stereocenters. The van der Waals surface area contributed by atoms with Gasteiger partial charge in [-0.25, -0.2) is 8.42 Å². The minimum Gasteiger partial charge on any atom is -0.388 e. The second-order valence-electron chi connectivity index (χ2n) is 9.11. The summed E-state index contributed by atoms with van der Waals surface area (Å²) < 4.78 is 23.5. The van der Waals surface area contributed by atoms with Gasteiger partial charge < -0.3 is 10.4 Å². The molecular formula is C24H30N2O4S. The van der Waals surface area contributed by atoms with E-state index in [-0.39, 0.29) is 17.9 Å². The van der Waals surface area contributed by atoms with Crippen LogP contribution in [0.5, 0.6) is 0 Å². The maximum atomic E-state index is 12.6. The highest BCUT2D eigenvalue weighted by Crippen LogP contribution is 2.39. The topological polar surface area (TPSA) is 86.7 Å². The molecule has 166 valence electrons. The fraction of sp³-hybridized carbons (Fsp3) is 0.458. The molecule has 1 heterocycles. The minimum absolute atomic E-state index is 0.0190. The second kappa shape index (κ2) is 8.37. The first kappa shape index (κ1) is 22.0. The lowest BCUT2D eigenvalue weighted by atomic mass is 9.79. The Kier molecular flexibility index (Phi) is 5.94. The zero-order valence-corrected chi connectivity index (χ0v) is 18.8. The molecule has 1 aliphatic heterocycles. The molecule has 1 saturated carbocycles. The molecule has 2 N–H and O–H groups in total. The van der Waals surface area contributed by atoms with Crippen LogP contribution >= 0.6 is 0 Å². The van der Waals surface area contributed by atoms with Gasteiger partial charge in [0.15, 0.2) is 9.84 Å². The van der Waals surface area contributed by atoms with Crippen molar-refractivity contribution >= 4 is 15.7 Å². The Labute approximate surface area is 184 Å². The molecular weight excluding hydrogens is 412 g/mol. The van der Waals surface area contributed by atoms with Crippen LogP contribution in [-0.4, -0.2) is 48.8 Å². The number of aliphatic hydroxyl groups is 1. The first-order valence-corrected chi connectivity index (χ1v) is 12.6. The van der Waals surface area contributed by atoms with E-state index >= 15 is 0 Å². The highest BCUT2D eigenvalue weighted by atomic mass is 32.2. The van der Waals surface area contributed by atoms with Gasteiger partial charge in [0.25, 0.3) is 0 Å². The Morgan fingerprint density at radius 3 is 2.35 bits per heavy atom. The van der Waals surface area contributed by atoms with Crippen molar-refractivity contribution in [3.8, 4) is 0 Å². The summed E-state index contributed by atoms with van der Waals surface area (Å²) in [7, 11) is -3.24. The van der Waals surface area contributed by atoms with Crippen molar-refractivity contribution in [1.82, 2.24) is 10.2 Å². The van der Waals surface area contributed by atoms with E-state index in [0.29, 0.717) is 24.4 Å². The standard InChI is InChI=1S/C24H30N2O4S/c1-24(28)14-15-26(16-17-8-12-20(13-9-17)31(2,29)30)21(18-6-4-3-5-7-18)22(24)25-23(27)19-10-11-19/h3-9,12-13,19,21-22,28H,10-11,14-16H2,1-2H3,(H,25,27). The van der Waals surface area contributed by atoms with E-state index in [9.17, 15) is 18.3 Å². The third-order valence-corrected chi connectivity index (χ3v) is 7.54. The van der Waals surface area contributed by atoms with Crippen LogP contribution in [0.1, 0.15) is 43.4 Å². The summed E-state index contributed by atoms with van der Waals surface area (Å²) >= 11 is 0. The van der Waals surface area contributed by atoms with Crippen LogP contribution in [0.15, 0.2) is 59.5 Å². The van der Waals surface area contributed by atoms with Crippen LogP contribution in [-0.2, 0) is 21.2 Å². The van der Waals surface area contributed by atoms with Crippen molar-refractivity contribution < 1.29 is 18.3 Å². The Morgan fingerprint density at radius 2 is 1.77 bits per heavy atom. The van der Waals surface area contributed by atoms with E-state index in [1.165, 1.54) is 6.26 Å². The number of carbonyl (C=O) groups excluding carboxylic acids is 1. The third-order valence-electron chi connectivity index (χ3n) is 6.41. The van der Waals surface area contributed by atoms with Crippen molar-refractivity contribution in [2.24, 2.45) is 5.92 Å². The quantitative estimate of drug-likeness (QED) is 0.718. The van der Waals surface area contributed by atoms with Crippen molar-refractivity contribution in [2.45, 2.75) is 55.3 Å². The summed E-state index contributed by atoms with van der Waals surface area (Å²) in [6.45, 7) is 3.06. The predicted molar refractivity (Wildman–Crippen MR) is 119 cm³/mol. The van der Waals surface area contributed by atoms with E-state index in [2.05, 4.69) is 10.2 Å².